The van der Waals surface area contributed by atoms with Crippen LogP contribution in [0.15, 0.2) is 18.2 Å². The molecule has 0 aliphatic rings. The fourth-order valence-corrected chi connectivity index (χ4v) is 2.95. The van der Waals surface area contributed by atoms with E-state index in [0.717, 1.165) is 5.56 Å². The number of rotatable bonds is 8. The predicted octanol–water partition coefficient (Wildman–Crippen LogP) is 2.69. The van der Waals surface area contributed by atoms with Gasteiger partial charge in [-0.05, 0) is 39.0 Å². The molecule has 1 atom stereocenters. The highest BCUT2D eigenvalue weighted by Gasteiger charge is 2.22. The summed E-state index contributed by atoms with van der Waals surface area (Å²) in [6.07, 6.45) is 0.149. The van der Waals surface area contributed by atoms with Crippen LogP contribution < -0.4 is 14.8 Å². The Labute approximate surface area is 157 Å². The van der Waals surface area contributed by atoms with Gasteiger partial charge < -0.3 is 14.8 Å². The molecule has 1 unspecified atom stereocenters. The number of nitro groups is 1. The Morgan fingerprint density at radius 1 is 1.33 bits per heavy atom. The Hall–Kier alpha value is -3.10. The number of nitrogens with one attached hydrogen (secondary N) is 1. The third-order valence-electron chi connectivity index (χ3n) is 4.36. The molecule has 1 amide bonds. The SMILES string of the molecule is COc1ccc(OC)c(C(C)NC(=O)CCn2nc(C)c([N+](=O)[O-])c2C)c1. The lowest BCUT2D eigenvalue weighted by molar-refractivity contribution is -0.386. The summed E-state index contributed by atoms with van der Waals surface area (Å²) in [6.45, 7) is 5.32. The Balaban J connectivity index is 2.04. The lowest BCUT2D eigenvalue weighted by Gasteiger charge is -2.18. The molecule has 0 saturated heterocycles. The number of hydrogen-bond donors (Lipinski definition) is 1. The van der Waals surface area contributed by atoms with Crippen LogP contribution in [0.25, 0.3) is 0 Å². The van der Waals surface area contributed by atoms with E-state index in [4.69, 9.17) is 9.47 Å². The highest BCUT2D eigenvalue weighted by molar-refractivity contribution is 5.76. The van der Waals surface area contributed by atoms with Gasteiger partial charge in [0, 0.05) is 12.0 Å². The molecule has 1 N–H and O–H groups in total. The first-order chi connectivity index (χ1) is 12.8. The number of carbonyl (C=O) groups excluding carboxylic acids is 1. The molecule has 1 aromatic carbocycles. The second-order valence-electron chi connectivity index (χ2n) is 6.15. The van der Waals surface area contributed by atoms with E-state index in [1.807, 2.05) is 13.0 Å². The van der Waals surface area contributed by atoms with E-state index in [9.17, 15) is 14.9 Å². The molecule has 9 nitrogen and oxygen atoms in total. The first kappa shape index (κ1) is 20.2. The molecule has 0 aliphatic carbocycles. The van der Waals surface area contributed by atoms with Gasteiger partial charge in [0.15, 0.2) is 0 Å². The number of nitrogens with zero attached hydrogens (tertiary/aromatic N) is 3. The highest BCUT2D eigenvalue weighted by atomic mass is 16.6. The highest BCUT2D eigenvalue weighted by Crippen LogP contribution is 2.29. The van der Waals surface area contributed by atoms with Gasteiger partial charge in [0.2, 0.25) is 5.91 Å². The second kappa shape index (κ2) is 8.52. The predicted molar refractivity (Wildman–Crippen MR) is 99.1 cm³/mol. The number of amides is 1. The molecule has 0 saturated carbocycles. The number of carbonyl (C=O) groups is 1. The van der Waals surface area contributed by atoms with Crippen LogP contribution in [0.1, 0.15) is 36.3 Å². The van der Waals surface area contributed by atoms with Gasteiger partial charge in [-0.15, -0.1) is 0 Å². The second-order valence-corrected chi connectivity index (χ2v) is 6.15. The molecule has 0 fully saturated rings. The zero-order valence-electron chi connectivity index (χ0n) is 16.1. The molecule has 2 aromatic rings. The van der Waals surface area contributed by atoms with Crippen LogP contribution in [-0.2, 0) is 11.3 Å². The zero-order valence-corrected chi connectivity index (χ0v) is 16.1. The lowest BCUT2D eigenvalue weighted by Crippen LogP contribution is -2.28. The zero-order chi connectivity index (χ0) is 20.1. The van der Waals surface area contributed by atoms with E-state index in [0.29, 0.717) is 22.9 Å². The number of aryl methyl sites for hydroxylation is 2. The Morgan fingerprint density at radius 2 is 2.04 bits per heavy atom. The number of ether oxygens (including phenoxy) is 2. The van der Waals surface area contributed by atoms with E-state index >= 15 is 0 Å². The average Bonchev–Trinajstić information content (AvgIpc) is 2.92. The van der Waals surface area contributed by atoms with E-state index in [1.54, 1.807) is 40.2 Å². The lowest BCUT2D eigenvalue weighted by atomic mass is 10.1. The van der Waals surface area contributed by atoms with Gasteiger partial charge in [-0.2, -0.15) is 5.10 Å². The molecule has 2 rings (SSSR count). The summed E-state index contributed by atoms with van der Waals surface area (Å²) in [5.41, 5.74) is 1.57. The normalized spacial score (nSPS) is 11.7. The minimum atomic E-state index is -0.453. The summed E-state index contributed by atoms with van der Waals surface area (Å²) >= 11 is 0. The molecule has 146 valence electrons. The molecular weight excluding hydrogens is 352 g/mol. The van der Waals surface area contributed by atoms with Crippen LogP contribution >= 0.6 is 0 Å². The number of methoxy groups -OCH3 is 2. The minimum absolute atomic E-state index is 0.00936. The van der Waals surface area contributed by atoms with Crippen LogP contribution in [0.3, 0.4) is 0 Å². The summed E-state index contributed by atoms with van der Waals surface area (Å²) in [4.78, 5) is 22.9. The van der Waals surface area contributed by atoms with Crippen molar-refractivity contribution in [3.05, 3.63) is 45.3 Å². The van der Waals surface area contributed by atoms with Gasteiger partial charge in [-0.1, -0.05) is 0 Å². The van der Waals surface area contributed by atoms with Crippen molar-refractivity contribution in [2.75, 3.05) is 14.2 Å². The van der Waals surface area contributed by atoms with Crippen molar-refractivity contribution in [2.45, 2.75) is 39.8 Å². The molecule has 1 heterocycles. The third-order valence-corrected chi connectivity index (χ3v) is 4.36. The van der Waals surface area contributed by atoms with Gasteiger partial charge in [0.1, 0.15) is 22.9 Å². The van der Waals surface area contributed by atoms with Crippen molar-refractivity contribution >= 4 is 11.6 Å². The quantitative estimate of drug-likeness (QED) is 0.560. The van der Waals surface area contributed by atoms with Crippen molar-refractivity contribution < 1.29 is 19.2 Å². The van der Waals surface area contributed by atoms with Crippen molar-refractivity contribution in [3.63, 3.8) is 0 Å². The van der Waals surface area contributed by atoms with E-state index in [-0.39, 0.29) is 30.6 Å². The van der Waals surface area contributed by atoms with Crippen molar-refractivity contribution in [1.29, 1.82) is 0 Å². The fourth-order valence-electron chi connectivity index (χ4n) is 2.95. The summed E-state index contributed by atoms with van der Waals surface area (Å²) in [7, 11) is 3.14. The maximum Gasteiger partial charge on any atom is 0.312 e. The summed E-state index contributed by atoms with van der Waals surface area (Å²) in [6, 6.07) is 5.09. The van der Waals surface area contributed by atoms with Crippen LogP contribution in [0.4, 0.5) is 5.69 Å². The molecule has 9 heteroatoms. The molecular formula is C18H24N4O5. The molecule has 0 aliphatic heterocycles. The Kier molecular flexibility index (Phi) is 6.38. The molecule has 27 heavy (non-hydrogen) atoms. The number of benzene rings is 1. The summed E-state index contributed by atoms with van der Waals surface area (Å²) < 4.78 is 12.1. The maximum absolute atomic E-state index is 12.3. The van der Waals surface area contributed by atoms with Crippen LogP contribution in [0, 0.1) is 24.0 Å². The first-order valence-corrected chi connectivity index (χ1v) is 8.48. The smallest absolute Gasteiger partial charge is 0.312 e. The molecule has 1 aromatic heterocycles. The maximum atomic E-state index is 12.3. The van der Waals surface area contributed by atoms with Crippen LogP contribution in [0.2, 0.25) is 0 Å². The van der Waals surface area contributed by atoms with Gasteiger partial charge in [0.05, 0.1) is 31.7 Å². The van der Waals surface area contributed by atoms with Crippen molar-refractivity contribution in [3.8, 4) is 11.5 Å². The Bertz CT molecular complexity index is 847. The largest absolute Gasteiger partial charge is 0.497 e. The molecule has 0 spiro atoms. The van der Waals surface area contributed by atoms with Crippen molar-refractivity contribution in [2.24, 2.45) is 0 Å². The standard InChI is InChI=1S/C18H24N4O5/c1-11(15-10-14(26-4)6-7-16(15)27-5)19-17(23)8-9-21-13(3)18(22(24)25)12(2)20-21/h6-7,10-11H,8-9H2,1-5H3,(H,19,23). The topological polar surface area (TPSA) is 109 Å². The minimum Gasteiger partial charge on any atom is -0.497 e. The van der Waals surface area contributed by atoms with Gasteiger partial charge >= 0.3 is 5.69 Å². The number of aromatic nitrogens is 2. The third kappa shape index (κ3) is 4.55. The monoisotopic (exact) mass is 376 g/mol. The van der Waals surface area contributed by atoms with Crippen LogP contribution in [0.5, 0.6) is 11.5 Å². The van der Waals surface area contributed by atoms with Gasteiger partial charge in [0.25, 0.3) is 0 Å². The summed E-state index contributed by atoms with van der Waals surface area (Å²) in [5.74, 6) is 1.13. The average molecular weight is 376 g/mol. The van der Waals surface area contributed by atoms with Crippen molar-refractivity contribution in [1.82, 2.24) is 15.1 Å². The van der Waals surface area contributed by atoms with Gasteiger partial charge in [-0.25, -0.2) is 0 Å². The fraction of sp³-hybridized carbons (Fsp3) is 0.444. The molecule has 0 bridgehead atoms. The summed E-state index contributed by atoms with van der Waals surface area (Å²) in [5, 5.41) is 18.1. The van der Waals surface area contributed by atoms with E-state index < -0.39 is 4.92 Å². The Morgan fingerprint density at radius 3 is 2.59 bits per heavy atom. The number of hydrogen-bond acceptors (Lipinski definition) is 6. The van der Waals surface area contributed by atoms with Crippen LogP contribution in [-0.4, -0.2) is 34.8 Å². The molecule has 0 radical (unpaired) electrons. The first-order valence-electron chi connectivity index (χ1n) is 8.48. The van der Waals surface area contributed by atoms with Gasteiger partial charge in [-0.3, -0.25) is 19.6 Å². The van der Waals surface area contributed by atoms with E-state index in [2.05, 4.69) is 10.4 Å². The van der Waals surface area contributed by atoms with E-state index in [1.165, 1.54) is 4.68 Å².